The van der Waals surface area contributed by atoms with Gasteiger partial charge < -0.3 is 10.5 Å². The molecule has 0 fully saturated rings. The van der Waals surface area contributed by atoms with E-state index >= 15 is 0 Å². The molecule has 0 aliphatic heterocycles. The fourth-order valence-corrected chi connectivity index (χ4v) is 3.09. The molecule has 4 nitrogen and oxygen atoms in total. The highest BCUT2D eigenvalue weighted by Gasteiger charge is 2.01. The first kappa shape index (κ1) is 19.8. The van der Waals surface area contributed by atoms with Crippen molar-refractivity contribution in [2.45, 2.75) is 51.9 Å². The van der Waals surface area contributed by atoms with Crippen molar-refractivity contribution in [3.63, 3.8) is 0 Å². The van der Waals surface area contributed by atoms with E-state index in [1.54, 1.807) is 12.3 Å². The molecule has 0 aliphatic carbocycles. The number of hydrogen-bond acceptors (Lipinski definition) is 3. The topological polar surface area (TPSA) is 49.5 Å². The number of hydrogen-bond donors (Lipinski definition) is 2. The molecule has 2 aromatic rings. The molecule has 2 rings (SSSR count). The van der Waals surface area contributed by atoms with Crippen molar-refractivity contribution in [1.29, 1.82) is 0 Å². The average Bonchev–Trinajstić information content (AvgIpc) is 2.61. The number of aromatic nitrogens is 1. The minimum Gasteiger partial charge on any atom is -0.428 e. The van der Waals surface area contributed by atoms with Crippen LogP contribution in [0.5, 0.6) is 0 Å². The van der Waals surface area contributed by atoms with Gasteiger partial charge in [-0.1, -0.05) is 50.6 Å². The first-order valence-corrected chi connectivity index (χ1v) is 9.81. The maximum absolute atomic E-state index is 9.89. The van der Waals surface area contributed by atoms with Crippen LogP contribution in [0.15, 0.2) is 35.5 Å². The normalized spacial score (nSPS) is 12.2. The molecule has 0 spiro atoms. The summed E-state index contributed by atoms with van der Waals surface area (Å²) in [5.74, 6) is 0. The second kappa shape index (κ2) is 11.2. The zero-order valence-corrected chi connectivity index (χ0v) is 15.9. The summed E-state index contributed by atoms with van der Waals surface area (Å²) < 4.78 is 1.09. The molecule has 0 saturated heterocycles. The number of rotatable bonds is 11. The van der Waals surface area contributed by atoms with E-state index < -0.39 is 0 Å². The molecular formula is C20H30ClN3O. The third-order valence-electron chi connectivity index (χ3n) is 4.36. The first-order valence-electron chi connectivity index (χ1n) is 9.43. The molecule has 2 N–H and O–H groups in total. The molecule has 5 heteroatoms. The lowest BCUT2D eigenvalue weighted by molar-refractivity contribution is 0.198. The van der Waals surface area contributed by atoms with Crippen LogP contribution >= 0.6 is 11.6 Å². The summed E-state index contributed by atoms with van der Waals surface area (Å²) in [5.41, 5.74) is 0.676. The summed E-state index contributed by atoms with van der Waals surface area (Å²) in [6, 6.07) is 7.31. The maximum Gasteiger partial charge on any atom is 0.0901 e. The number of nitrogens with one attached hydrogen (secondary N) is 1. The summed E-state index contributed by atoms with van der Waals surface area (Å²) in [4.78, 5) is 4.67. The Kier molecular flexibility index (Phi) is 8.84. The molecule has 0 bridgehead atoms. The molecule has 0 saturated carbocycles. The molecule has 1 aromatic heterocycles. The van der Waals surface area contributed by atoms with Crippen LogP contribution in [0.4, 0.5) is 0 Å². The van der Waals surface area contributed by atoms with E-state index in [-0.39, 0.29) is 0 Å². The van der Waals surface area contributed by atoms with Crippen molar-refractivity contribution < 1.29 is 5.21 Å². The quantitative estimate of drug-likeness (QED) is 0.446. The van der Waals surface area contributed by atoms with Gasteiger partial charge in [-0.3, -0.25) is 4.99 Å². The Morgan fingerprint density at radius 2 is 1.80 bits per heavy atom. The van der Waals surface area contributed by atoms with Crippen LogP contribution in [0.25, 0.3) is 10.9 Å². The third-order valence-corrected chi connectivity index (χ3v) is 4.59. The monoisotopic (exact) mass is 363 g/mol. The highest BCUT2D eigenvalue weighted by atomic mass is 35.5. The Balaban J connectivity index is 1.72. The van der Waals surface area contributed by atoms with E-state index in [4.69, 9.17) is 11.6 Å². The molecule has 1 heterocycles. The SMILES string of the molecule is CCCCCCCCNCCCN=c1ccn(O)c2cc(Cl)ccc12. The molecule has 0 amide bonds. The average molecular weight is 364 g/mol. The Labute approximate surface area is 155 Å². The van der Waals surface area contributed by atoms with Crippen molar-refractivity contribution in [3.8, 4) is 0 Å². The second-order valence-electron chi connectivity index (χ2n) is 6.46. The number of pyridine rings is 1. The van der Waals surface area contributed by atoms with Gasteiger partial charge in [0.2, 0.25) is 0 Å². The van der Waals surface area contributed by atoms with Gasteiger partial charge in [0.25, 0.3) is 0 Å². The Bertz CT molecular complexity index is 712. The number of unbranched alkanes of at least 4 members (excludes halogenated alkanes) is 5. The van der Waals surface area contributed by atoms with Crippen molar-refractivity contribution in [3.05, 3.63) is 40.8 Å². The summed E-state index contributed by atoms with van der Waals surface area (Å²) in [6.07, 6.45) is 10.6. The lowest BCUT2D eigenvalue weighted by Crippen LogP contribution is -2.18. The predicted molar refractivity (Wildman–Crippen MR) is 105 cm³/mol. The largest absolute Gasteiger partial charge is 0.428 e. The second-order valence-corrected chi connectivity index (χ2v) is 6.90. The molecule has 0 atom stereocenters. The van der Waals surface area contributed by atoms with Gasteiger partial charge in [0.1, 0.15) is 0 Å². The van der Waals surface area contributed by atoms with Gasteiger partial charge >= 0.3 is 0 Å². The fourth-order valence-electron chi connectivity index (χ4n) is 2.92. The van der Waals surface area contributed by atoms with Crippen LogP contribution in [-0.4, -0.2) is 29.6 Å². The summed E-state index contributed by atoms with van der Waals surface area (Å²) >= 11 is 6.00. The summed E-state index contributed by atoms with van der Waals surface area (Å²) in [6.45, 7) is 5.12. The standard InChI is InChI=1S/C20H30ClN3O/c1-2-3-4-5-6-7-12-22-13-8-14-23-19-11-15-24(25)20-16-17(21)9-10-18(19)20/h9-11,15-16,22,25H,2-8,12-14H2,1H3. The molecule has 1 aromatic carbocycles. The van der Waals surface area contributed by atoms with Gasteiger partial charge in [0, 0.05) is 23.2 Å². The van der Waals surface area contributed by atoms with Crippen LogP contribution < -0.4 is 10.7 Å². The summed E-state index contributed by atoms with van der Waals surface area (Å²) in [7, 11) is 0. The van der Waals surface area contributed by atoms with E-state index in [2.05, 4.69) is 17.2 Å². The minimum absolute atomic E-state index is 0.603. The van der Waals surface area contributed by atoms with Gasteiger partial charge in [-0.05, 0) is 50.2 Å². The fraction of sp³-hybridized carbons (Fsp3) is 0.550. The molecule has 25 heavy (non-hydrogen) atoms. The minimum atomic E-state index is 0.603. The number of fused-ring (bicyclic) bond motifs is 1. The molecule has 138 valence electrons. The number of nitrogens with zero attached hydrogens (tertiary/aromatic N) is 2. The molecule has 0 radical (unpaired) electrons. The highest BCUT2D eigenvalue weighted by molar-refractivity contribution is 6.31. The van der Waals surface area contributed by atoms with E-state index in [9.17, 15) is 5.21 Å². The lowest BCUT2D eigenvalue weighted by atomic mass is 10.1. The van der Waals surface area contributed by atoms with E-state index in [1.807, 2.05) is 18.2 Å². The Morgan fingerprint density at radius 1 is 1.04 bits per heavy atom. The van der Waals surface area contributed by atoms with Gasteiger partial charge in [-0.2, -0.15) is 4.73 Å². The maximum atomic E-state index is 9.89. The highest BCUT2D eigenvalue weighted by Crippen LogP contribution is 2.15. The van der Waals surface area contributed by atoms with E-state index in [0.29, 0.717) is 10.5 Å². The smallest absolute Gasteiger partial charge is 0.0901 e. The summed E-state index contributed by atoms with van der Waals surface area (Å²) in [5, 5.41) is 15.8. The van der Waals surface area contributed by atoms with Gasteiger partial charge in [0.15, 0.2) is 0 Å². The van der Waals surface area contributed by atoms with E-state index in [1.165, 1.54) is 38.5 Å². The Hall–Kier alpha value is -1.52. The zero-order valence-electron chi connectivity index (χ0n) is 15.2. The number of halogens is 1. The van der Waals surface area contributed by atoms with Gasteiger partial charge in [-0.25, -0.2) is 0 Å². The van der Waals surface area contributed by atoms with Crippen LogP contribution in [0.3, 0.4) is 0 Å². The Morgan fingerprint density at radius 3 is 2.64 bits per heavy atom. The van der Waals surface area contributed by atoms with Crippen LogP contribution in [0.2, 0.25) is 5.02 Å². The van der Waals surface area contributed by atoms with Crippen molar-refractivity contribution >= 4 is 22.5 Å². The first-order chi connectivity index (χ1) is 12.2. The van der Waals surface area contributed by atoms with Crippen molar-refractivity contribution in [2.75, 3.05) is 19.6 Å². The van der Waals surface area contributed by atoms with Gasteiger partial charge in [0.05, 0.1) is 10.9 Å². The van der Waals surface area contributed by atoms with Crippen molar-refractivity contribution in [2.24, 2.45) is 4.99 Å². The molecule has 0 unspecified atom stereocenters. The lowest BCUT2D eigenvalue weighted by Gasteiger charge is -2.05. The molecule has 0 aliphatic rings. The predicted octanol–water partition coefficient (Wildman–Crippen LogP) is 4.77. The van der Waals surface area contributed by atoms with E-state index in [0.717, 1.165) is 41.5 Å². The third kappa shape index (κ3) is 6.71. The zero-order chi connectivity index (χ0) is 17.9. The van der Waals surface area contributed by atoms with Crippen LogP contribution in [0, 0.1) is 0 Å². The van der Waals surface area contributed by atoms with Crippen LogP contribution in [-0.2, 0) is 0 Å². The van der Waals surface area contributed by atoms with Gasteiger partial charge in [-0.15, -0.1) is 0 Å². The van der Waals surface area contributed by atoms with Crippen LogP contribution in [0.1, 0.15) is 51.9 Å². The molecular weight excluding hydrogens is 334 g/mol. The number of benzene rings is 1. The van der Waals surface area contributed by atoms with Crippen molar-refractivity contribution in [1.82, 2.24) is 10.0 Å².